The average Bonchev–Trinajstić information content (AvgIpc) is 3.36. The first-order chi connectivity index (χ1) is 13.0. The molecule has 1 heterocycles. The number of nitrogens with zero attached hydrogens (tertiary/aromatic N) is 3. The largest absolute Gasteiger partial charge is 0.322 e. The first-order valence-electron chi connectivity index (χ1n) is 9.60. The standard InChI is InChI=1S/C20H24F2N4O/c1-25-18-11-4-8-14(18)17(24-25)12-26(13-6-2-3-7-13)20(27)23-19-15(21)9-5-10-16(19)22/h5,9-10,13H,2-4,6-8,11-12H2,1H3,(H,23,27). The van der Waals surface area contributed by atoms with Gasteiger partial charge in [0.15, 0.2) is 0 Å². The molecule has 0 unspecified atom stereocenters. The topological polar surface area (TPSA) is 50.2 Å². The number of anilines is 1. The minimum absolute atomic E-state index is 0.0684. The Kier molecular flexibility index (Phi) is 4.85. The predicted molar refractivity (Wildman–Crippen MR) is 98.4 cm³/mol. The van der Waals surface area contributed by atoms with Crippen LogP contribution in [0.15, 0.2) is 18.2 Å². The van der Waals surface area contributed by atoms with Crippen molar-refractivity contribution < 1.29 is 13.6 Å². The van der Waals surface area contributed by atoms with Crippen LogP contribution < -0.4 is 5.32 Å². The van der Waals surface area contributed by atoms with Crippen molar-refractivity contribution >= 4 is 11.7 Å². The second kappa shape index (κ2) is 7.29. The number of halogens is 2. The third kappa shape index (κ3) is 3.42. The SMILES string of the molecule is Cn1nc(CN(C(=O)Nc2c(F)cccc2F)C2CCCC2)c2c1CCC2. The van der Waals surface area contributed by atoms with Gasteiger partial charge in [-0.15, -0.1) is 0 Å². The van der Waals surface area contributed by atoms with E-state index >= 15 is 0 Å². The van der Waals surface area contributed by atoms with E-state index in [0.717, 1.165) is 62.8 Å². The van der Waals surface area contributed by atoms with E-state index in [1.54, 1.807) is 4.90 Å². The Hall–Kier alpha value is -2.44. The maximum absolute atomic E-state index is 14.0. The van der Waals surface area contributed by atoms with Crippen molar-refractivity contribution in [3.8, 4) is 0 Å². The van der Waals surface area contributed by atoms with Crippen molar-refractivity contribution in [2.75, 3.05) is 5.32 Å². The van der Waals surface area contributed by atoms with Crippen molar-refractivity contribution in [3.63, 3.8) is 0 Å². The van der Waals surface area contributed by atoms with Crippen LogP contribution in [-0.2, 0) is 26.4 Å². The van der Waals surface area contributed by atoms with Crippen LogP contribution in [0.4, 0.5) is 19.3 Å². The van der Waals surface area contributed by atoms with E-state index in [0.29, 0.717) is 6.54 Å². The van der Waals surface area contributed by atoms with Crippen LogP contribution in [0.2, 0.25) is 0 Å². The summed E-state index contributed by atoms with van der Waals surface area (Å²) in [5, 5.41) is 7.07. The third-order valence-electron chi connectivity index (χ3n) is 5.74. The molecule has 27 heavy (non-hydrogen) atoms. The molecule has 0 atom stereocenters. The van der Waals surface area contributed by atoms with Crippen LogP contribution in [0.1, 0.15) is 49.1 Å². The normalized spacial score (nSPS) is 16.6. The van der Waals surface area contributed by atoms with Crippen molar-refractivity contribution in [1.29, 1.82) is 0 Å². The van der Waals surface area contributed by atoms with Crippen molar-refractivity contribution in [3.05, 3.63) is 46.8 Å². The lowest BCUT2D eigenvalue weighted by molar-refractivity contribution is 0.183. The minimum atomic E-state index is -0.770. The molecule has 2 aliphatic rings. The second-order valence-corrected chi connectivity index (χ2v) is 7.44. The molecule has 2 aromatic rings. The summed E-state index contributed by atoms with van der Waals surface area (Å²) in [5.41, 5.74) is 2.97. The van der Waals surface area contributed by atoms with E-state index in [-0.39, 0.29) is 6.04 Å². The van der Waals surface area contributed by atoms with Gasteiger partial charge in [0.2, 0.25) is 0 Å². The minimum Gasteiger partial charge on any atom is -0.316 e. The molecular weight excluding hydrogens is 350 g/mol. The number of benzene rings is 1. The fraction of sp³-hybridized carbons (Fsp3) is 0.500. The summed E-state index contributed by atoms with van der Waals surface area (Å²) in [7, 11) is 1.93. The van der Waals surface area contributed by atoms with E-state index in [2.05, 4.69) is 10.4 Å². The number of urea groups is 1. The van der Waals surface area contributed by atoms with Crippen molar-refractivity contribution in [2.45, 2.75) is 57.5 Å². The fourth-order valence-electron chi connectivity index (χ4n) is 4.36. The number of rotatable bonds is 4. The van der Waals surface area contributed by atoms with Crippen LogP contribution in [-0.4, -0.2) is 26.8 Å². The third-order valence-corrected chi connectivity index (χ3v) is 5.74. The fourth-order valence-corrected chi connectivity index (χ4v) is 4.36. The van der Waals surface area contributed by atoms with Gasteiger partial charge in [0.05, 0.1) is 12.2 Å². The number of carbonyl (C=O) groups is 1. The highest BCUT2D eigenvalue weighted by atomic mass is 19.1. The molecule has 0 bridgehead atoms. The van der Waals surface area contributed by atoms with E-state index in [9.17, 15) is 13.6 Å². The van der Waals surface area contributed by atoms with Crippen LogP contribution in [0, 0.1) is 11.6 Å². The number of hydrogen-bond acceptors (Lipinski definition) is 2. The average molecular weight is 374 g/mol. The highest BCUT2D eigenvalue weighted by Crippen LogP contribution is 2.30. The Morgan fingerprint density at radius 1 is 1.22 bits per heavy atom. The van der Waals surface area contributed by atoms with E-state index in [1.807, 2.05) is 11.7 Å². The van der Waals surface area contributed by atoms with E-state index in [4.69, 9.17) is 0 Å². The summed E-state index contributed by atoms with van der Waals surface area (Å²) < 4.78 is 29.8. The molecule has 144 valence electrons. The van der Waals surface area contributed by atoms with Gasteiger partial charge in [-0.3, -0.25) is 4.68 Å². The molecule has 2 aliphatic carbocycles. The van der Waals surface area contributed by atoms with E-state index in [1.165, 1.54) is 17.3 Å². The van der Waals surface area contributed by atoms with Crippen LogP contribution in [0.25, 0.3) is 0 Å². The maximum Gasteiger partial charge on any atom is 0.322 e. The van der Waals surface area contributed by atoms with Gasteiger partial charge in [-0.1, -0.05) is 18.9 Å². The number of aryl methyl sites for hydroxylation is 1. The van der Waals surface area contributed by atoms with Crippen LogP contribution >= 0.6 is 0 Å². The molecule has 4 rings (SSSR count). The molecule has 1 aromatic carbocycles. The summed E-state index contributed by atoms with van der Waals surface area (Å²) in [6.45, 7) is 0.371. The van der Waals surface area contributed by atoms with Gasteiger partial charge in [-0.25, -0.2) is 13.6 Å². The number of amides is 2. The van der Waals surface area contributed by atoms with Gasteiger partial charge in [-0.05, 0) is 49.8 Å². The summed E-state index contributed by atoms with van der Waals surface area (Å²) in [5.74, 6) is -1.54. The first-order valence-corrected chi connectivity index (χ1v) is 9.60. The van der Waals surface area contributed by atoms with Gasteiger partial charge in [-0.2, -0.15) is 5.10 Å². The number of nitrogens with one attached hydrogen (secondary N) is 1. The molecular formula is C20H24F2N4O. The number of para-hydroxylation sites is 1. The molecule has 5 nitrogen and oxygen atoms in total. The summed E-state index contributed by atoms with van der Waals surface area (Å²) in [6.07, 6.45) is 7.01. The van der Waals surface area contributed by atoms with E-state index < -0.39 is 23.4 Å². The van der Waals surface area contributed by atoms with Crippen LogP contribution in [0.3, 0.4) is 0 Å². The molecule has 2 amide bonds. The second-order valence-electron chi connectivity index (χ2n) is 7.44. The van der Waals surface area contributed by atoms with Gasteiger partial charge >= 0.3 is 6.03 Å². The molecule has 0 spiro atoms. The Morgan fingerprint density at radius 3 is 2.63 bits per heavy atom. The highest BCUT2D eigenvalue weighted by Gasteiger charge is 2.31. The molecule has 7 heteroatoms. The first kappa shape index (κ1) is 17.9. The number of fused-ring (bicyclic) bond motifs is 1. The van der Waals surface area contributed by atoms with Crippen molar-refractivity contribution in [2.24, 2.45) is 7.05 Å². The zero-order valence-electron chi connectivity index (χ0n) is 15.5. The van der Waals surface area contributed by atoms with Gasteiger partial charge < -0.3 is 10.2 Å². The number of carbonyl (C=O) groups excluding carboxylic acids is 1. The quantitative estimate of drug-likeness (QED) is 0.873. The zero-order valence-corrected chi connectivity index (χ0v) is 15.5. The monoisotopic (exact) mass is 374 g/mol. The maximum atomic E-state index is 14.0. The Balaban J connectivity index is 1.60. The Labute approximate surface area is 157 Å². The lowest BCUT2D eigenvalue weighted by atomic mass is 10.1. The smallest absolute Gasteiger partial charge is 0.316 e. The zero-order chi connectivity index (χ0) is 19.0. The summed E-state index contributed by atoms with van der Waals surface area (Å²) in [4.78, 5) is 14.7. The molecule has 1 fully saturated rings. The summed E-state index contributed by atoms with van der Waals surface area (Å²) in [6, 6.07) is 3.17. The number of aromatic nitrogens is 2. The molecule has 1 saturated carbocycles. The Morgan fingerprint density at radius 2 is 1.93 bits per heavy atom. The molecule has 0 radical (unpaired) electrons. The van der Waals surface area contributed by atoms with Gasteiger partial charge in [0.25, 0.3) is 0 Å². The molecule has 1 aromatic heterocycles. The molecule has 1 N–H and O–H groups in total. The van der Waals surface area contributed by atoms with Crippen LogP contribution in [0.5, 0.6) is 0 Å². The lowest BCUT2D eigenvalue weighted by Crippen LogP contribution is -2.41. The van der Waals surface area contributed by atoms with Crippen molar-refractivity contribution in [1.82, 2.24) is 14.7 Å². The predicted octanol–water partition coefficient (Wildman–Crippen LogP) is 4.16. The Bertz CT molecular complexity index is 838. The van der Waals surface area contributed by atoms with Gasteiger partial charge in [0, 0.05) is 18.8 Å². The number of hydrogen-bond donors (Lipinski definition) is 1. The highest BCUT2D eigenvalue weighted by molar-refractivity contribution is 5.89. The lowest BCUT2D eigenvalue weighted by Gasteiger charge is -2.29. The molecule has 0 saturated heterocycles. The molecule has 0 aliphatic heterocycles. The summed E-state index contributed by atoms with van der Waals surface area (Å²) >= 11 is 0. The van der Waals surface area contributed by atoms with Gasteiger partial charge in [0.1, 0.15) is 17.3 Å².